The number of thiophene rings is 1. The van der Waals surface area contributed by atoms with E-state index in [1.807, 2.05) is 42.5 Å². The fraction of sp³-hybridized carbons (Fsp3) is 0.0667. The predicted octanol–water partition coefficient (Wildman–Crippen LogP) is 3.63. The summed E-state index contributed by atoms with van der Waals surface area (Å²) in [6.07, 6.45) is 3.22. The third-order valence-corrected chi connectivity index (χ3v) is 4.58. The van der Waals surface area contributed by atoms with Crippen molar-refractivity contribution < 1.29 is 4.79 Å². The number of hydrogen-bond acceptors (Lipinski definition) is 3. The Morgan fingerprint density at radius 1 is 1.24 bits per heavy atom. The largest absolute Gasteiger partial charge is 0.346 e. The summed E-state index contributed by atoms with van der Waals surface area (Å²) < 4.78 is 2.83. The van der Waals surface area contributed by atoms with E-state index >= 15 is 0 Å². The quantitative estimate of drug-likeness (QED) is 0.771. The predicted molar refractivity (Wildman–Crippen MR) is 86.8 cm³/mol. The Morgan fingerprint density at radius 2 is 2.05 bits per heavy atom. The van der Waals surface area contributed by atoms with Gasteiger partial charge >= 0.3 is 0 Å². The Hall–Kier alpha value is -1.92. The maximum atomic E-state index is 12.3. The molecule has 0 saturated carbocycles. The van der Waals surface area contributed by atoms with Crippen LogP contribution < -0.4 is 5.32 Å². The van der Waals surface area contributed by atoms with Gasteiger partial charge in [-0.15, -0.1) is 11.3 Å². The molecular weight excluding hydrogens is 350 g/mol. The monoisotopic (exact) mass is 361 g/mol. The maximum absolute atomic E-state index is 12.3. The lowest BCUT2D eigenvalue weighted by Crippen LogP contribution is -2.24. The average Bonchev–Trinajstić information content (AvgIpc) is 3.14. The summed E-state index contributed by atoms with van der Waals surface area (Å²) in [4.78, 5) is 17.5. The molecule has 0 bridgehead atoms. The molecule has 0 aliphatic carbocycles. The second-order valence-electron chi connectivity index (χ2n) is 4.37. The van der Waals surface area contributed by atoms with Crippen LogP contribution in [-0.2, 0) is 6.54 Å². The SMILES string of the molecule is O=C(NCc1ccc(Br)s1)c1cncn1-c1ccccc1. The van der Waals surface area contributed by atoms with E-state index in [0.717, 1.165) is 14.4 Å². The molecule has 1 amide bonds. The van der Waals surface area contributed by atoms with Crippen molar-refractivity contribution >= 4 is 33.2 Å². The first-order valence-corrected chi connectivity index (χ1v) is 7.95. The molecule has 2 heterocycles. The van der Waals surface area contributed by atoms with Gasteiger partial charge in [0.05, 0.1) is 22.9 Å². The zero-order valence-electron chi connectivity index (χ0n) is 11.0. The van der Waals surface area contributed by atoms with Crippen LogP contribution in [0, 0.1) is 0 Å². The number of halogens is 1. The molecule has 0 saturated heterocycles. The molecule has 21 heavy (non-hydrogen) atoms. The fourth-order valence-corrected chi connectivity index (χ4v) is 3.38. The molecule has 1 N–H and O–H groups in total. The summed E-state index contributed by atoms with van der Waals surface area (Å²) in [6.45, 7) is 0.509. The Morgan fingerprint density at radius 3 is 2.76 bits per heavy atom. The molecule has 0 atom stereocenters. The lowest BCUT2D eigenvalue weighted by atomic mass is 10.3. The normalized spacial score (nSPS) is 10.5. The van der Waals surface area contributed by atoms with E-state index in [2.05, 4.69) is 26.2 Å². The lowest BCUT2D eigenvalue weighted by Gasteiger charge is -2.08. The van der Waals surface area contributed by atoms with Crippen molar-refractivity contribution in [3.63, 3.8) is 0 Å². The fourth-order valence-electron chi connectivity index (χ4n) is 1.96. The minimum absolute atomic E-state index is 0.138. The van der Waals surface area contributed by atoms with Gasteiger partial charge in [0.2, 0.25) is 0 Å². The van der Waals surface area contributed by atoms with Gasteiger partial charge in [0.1, 0.15) is 5.69 Å². The Balaban J connectivity index is 1.75. The number of hydrogen-bond donors (Lipinski definition) is 1. The van der Waals surface area contributed by atoms with Crippen LogP contribution in [-0.4, -0.2) is 15.5 Å². The minimum atomic E-state index is -0.138. The van der Waals surface area contributed by atoms with Crippen molar-refractivity contribution in [3.05, 3.63) is 69.3 Å². The molecular formula is C15H12BrN3OS. The van der Waals surface area contributed by atoms with Crippen LogP contribution >= 0.6 is 27.3 Å². The van der Waals surface area contributed by atoms with E-state index in [9.17, 15) is 4.79 Å². The first kappa shape index (κ1) is 14.0. The van der Waals surface area contributed by atoms with Crippen molar-refractivity contribution in [2.45, 2.75) is 6.54 Å². The van der Waals surface area contributed by atoms with E-state index in [4.69, 9.17) is 0 Å². The molecule has 2 aromatic heterocycles. The number of para-hydroxylation sites is 1. The molecule has 3 aromatic rings. The molecule has 3 rings (SSSR count). The minimum Gasteiger partial charge on any atom is -0.346 e. The van der Waals surface area contributed by atoms with Crippen molar-refractivity contribution in [2.24, 2.45) is 0 Å². The van der Waals surface area contributed by atoms with Crippen molar-refractivity contribution in [3.8, 4) is 5.69 Å². The summed E-state index contributed by atoms with van der Waals surface area (Å²) in [6, 6.07) is 13.6. The van der Waals surface area contributed by atoms with Crippen molar-refractivity contribution in [1.82, 2.24) is 14.9 Å². The van der Waals surface area contributed by atoms with Crippen LogP contribution in [0.1, 0.15) is 15.4 Å². The van der Waals surface area contributed by atoms with Crippen LogP contribution in [0.2, 0.25) is 0 Å². The van der Waals surface area contributed by atoms with Crippen LogP contribution in [0.5, 0.6) is 0 Å². The van der Waals surface area contributed by atoms with Gasteiger partial charge in [-0.25, -0.2) is 4.98 Å². The average molecular weight is 362 g/mol. The Bertz CT molecular complexity index is 751. The summed E-state index contributed by atoms with van der Waals surface area (Å²) >= 11 is 5.02. The number of benzene rings is 1. The third-order valence-electron chi connectivity index (χ3n) is 2.96. The van der Waals surface area contributed by atoms with Crippen molar-refractivity contribution in [1.29, 1.82) is 0 Å². The van der Waals surface area contributed by atoms with E-state index in [1.165, 1.54) is 0 Å². The maximum Gasteiger partial charge on any atom is 0.270 e. The number of nitrogens with one attached hydrogen (secondary N) is 1. The molecule has 0 fully saturated rings. The molecule has 0 aliphatic heterocycles. The second-order valence-corrected chi connectivity index (χ2v) is 6.92. The molecule has 106 valence electrons. The highest BCUT2D eigenvalue weighted by molar-refractivity contribution is 9.11. The van der Waals surface area contributed by atoms with Crippen LogP contribution in [0.4, 0.5) is 0 Å². The number of amides is 1. The number of carbonyl (C=O) groups is 1. The van der Waals surface area contributed by atoms with E-state index in [0.29, 0.717) is 12.2 Å². The first-order chi connectivity index (χ1) is 10.2. The molecule has 0 aliphatic rings. The van der Waals surface area contributed by atoms with Gasteiger partial charge in [-0.2, -0.15) is 0 Å². The van der Waals surface area contributed by atoms with Gasteiger partial charge < -0.3 is 5.32 Å². The summed E-state index contributed by atoms with van der Waals surface area (Å²) in [5.41, 5.74) is 1.44. The smallest absolute Gasteiger partial charge is 0.270 e. The van der Waals surface area contributed by atoms with Crippen LogP contribution in [0.15, 0.2) is 58.8 Å². The number of nitrogens with zero attached hydrogens (tertiary/aromatic N) is 2. The number of aromatic nitrogens is 2. The van der Waals surface area contributed by atoms with Crippen LogP contribution in [0.3, 0.4) is 0 Å². The standard InChI is InChI=1S/C15H12BrN3OS/c16-14-7-6-12(21-14)8-18-15(20)13-9-17-10-19(13)11-4-2-1-3-5-11/h1-7,9-10H,8H2,(H,18,20). The van der Waals surface area contributed by atoms with Gasteiger partial charge in [0.25, 0.3) is 5.91 Å². The molecule has 1 aromatic carbocycles. The number of imidazole rings is 1. The lowest BCUT2D eigenvalue weighted by molar-refractivity contribution is 0.0944. The summed E-state index contributed by atoms with van der Waals surface area (Å²) in [5.74, 6) is -0.138. The Kier molecular flexibility index (Phi) is 4.17. The highest BCUT2D eigenvalue weighted by atomic mass is 79.9. The summed E-state index contributed by atoms with van der Waals surface area (Å²) in [7, 11) is 0. The van der Waals surface area contributed by atoms with E-state index in [1.54, 1.807) is 28.4 Å². The third kappa shape index (κ3) is 3.22. The number of carbonyl (C=O) groups excluding carboxylic acids is 1. The molecule has 6 heteroatoms. The van der Waals surface area contributed by atoms with Crippen LogP contribution in [0.25, 0.3) is 5.69 Å². The highest BCUT2D eigenvalue weighted by Gasteiger charge is 2.12. The summed E-state index contributed by atoms with van der Waals surface area (Å²) in [5, 5.41) is 2.91. The van der Waals surface area contributed by atoms with E-state index in [-0.39, 0.29) is 5.91 Å². The van der Waals surface area contributed by atoms with Gasteiger partial charge in [-0.3, -0.25) is 9.36 Å². The van der Waals surface area contributed by atoms with Crippen molar-refractivity contribution in [2.75, 3.05) is 0 Å². The number of rotatable bonds is 4. The zero-order chi connectivity index (χ0) is 14.7. The molecule has 4 nitrogen and oxygen atoms in total. The van der Waals surface area contributed by atoms with Gasteiger partial charge in [0.15, 0.2) is 0 Å². The Labute approximate surface area is 134 Å². The van der Waals surface area contributed by atoms with Gasteiger partial charge in [0, 0.05) is 10.6 Å². The van der Waals surface area contributed by atoms with Gasteiger partial charge in [-0.1, -0.05) is 18.2 Å². The highest BCUT2D eigenvalue weighted by Crippen LogP contribution is 2.21. The first-order valence-electron chi connectivity index (χ1n) is 6.34. The molecule has 0 unspecified atom stereocenters. The van der Waals surface area contributed by atoms with Gasteiger partial charge in [-0.05, 0) is 40.2 Å². The topological polar surface area (TPSA) is 46.9 Å². The second kappa shape index (κ2) is 6.24. The van der Waals surface area contributed by atoms with E-state index < -0.39 is 0 Å². The molecule has 0 radical (unpaired) electrons. The molecule has 0 spiro atoms. The zero-order valence-corrected chi connectivity index (χ0v) is 13.4.